The number of rotatable bonds is 7. The van der Waals surface area contributed by atoms with Crippen LogP contribution in [-0.4, -0.2) is 23.9 Å². The number of likely N-dealkylation sites (tertiary alicyclic amines) is 1. The fraction of sp³-hybridized carbons (Fsp3) is 0.188. The molecule has 1 amide bonds. The van der Waals surface area contributed by atoms with Crippen LogP contribution in [0.2, 0.25) is 0 Å². The lowest BCUT2D eigenvalue weighted by atomic mass is 9.72. The molecule has 1 saturated heterocycles. The van der Waals surface area contributed by atoms with Gasteiger partial charge in [-0.2, -0.15) is 5.26 Å². The van der Waals surface area contributed by atoms with Crippen LogP contribution in [0.5, 0.6) is 0 Å². The lowest BCUT2D eigenvalue weighted by Crippen LogP contribution is -2.52. The average Bonchev–Trinajstić information content (AvgIpc) is 2.98. The van der Waals surface area contributed by atoms with Crippen LogP contribution < -0.4 is 10.9 Å². The van der Waals surface area contributed by atoms with Crippen molar-refractivity contribution in [2.45, 2.75) is 24.8 Å². The Balaban J connectivity index is 1.27. The Morgan fingerprint density at radius 2 is 1.44 bits per heavy atom. The minimum absolute atomic E-state index is 0.195. The van der Waals surface area contributed by atoms with Crippen molar-refractivity contribution < 1.29 is 13.6 Å². The lowest BCUT2D eigenvalue weighted by Gasteiger charge is -2.41. The minimum Gasteiger partial charge on any atom is -0.299 e. The highest BCUT2D eigenvalue weighted by molar-refractivity contribution is 5.89. The number of nitriles is 1. The molecule has 0 atom stereocenters. The van der Waals surface area contributed by atoms with Gasteiger partial charge in [0.1, 0.15) is 11.6 Å². The lowest BCUT2D eigenvalue weighted by molar-refractivity contribution is -0.128. The number of carbonyl (C=O) groups excluding carboxylic acids is 1. The fourth-order valence-corrected chi connectivity index (χ4v) is 5.13. The van der Waals surface area contributed by atoms with Crippen molar-refractivity contribution >= 4 is 11.6 Å². The number of carbonyl (C=O) groups is 1. The third-order valence-corrected chi connectivity index (χ3v) is 7.39. The van der Waals surface area contributed by atoms with Crippen molar-refractivity contribution in [2.24, 2.45) is 0 Å². The van der Waals surface area contributed by atoms with Gasteiger partial charge in [0, 0.05) is 6.54 Å². The summed E-state index contributed by atoms with van der Waals surface area (Å²) in [5.41, 5.74) is 9.95. The Labute approximate surface area is 226 Å². The number of hydrogen-bond donors (Lipinski definition) is 2. The first-order valence-electron chi connectivity index (χ1n) is 12.9. The summed E-state index contributed by atoms with van der Waals surface area (Å²) in [6.45, 7) is 2.12. The SMILES string of the molecule is N#Cc1cccc(NNC(=O)C2(c3ccc(F)cc3)CCN(Cc3ccc(-c4ccc(F)cc4)cc3)CC2)c1. The number of amides is 1. The van der Waals surface area contributed by atoms with Gasteiger partial charge >= 0.3 is 0 Å². The van der Waals surface area contributed by atoms with Crippen LogP contribution in [0.1, 0.15) is 29.5 Å². The normalized spacial score (nSPS) is 14.8. The zero-order chi connectivity index (χ0) is 27.2. The van der Waals surface area contributed by atoms with Crippen LogP contribution in [0.15, 0.2) is 97.1 Å². The number of piperidine rings is 1. The third-order valence-electron chi connectivity index (χ3n) is 7.39. The summed E-state index contributed by atoms with van der Waals surface area (Å²) < 4.78 is 27.0. The zero-order valence-corrected chi connectivity index (χ0v) is 21.3. The van der Waals surface area contributed by atoms with Gasteiger partial charge in [-0.25, -0.2) is 8.78 Å². The molecule has 0 radical (unpaired) electrons. The van der Waals surface area contributed by atoms with Gasteiger partial charge in [-0.3, -0.25) is 20.5 Å². The van der Waals surface area contributed by atoms with Gasteiger partial charge in [0.25, 0.3) is 0 Å². The smallest absolute Gasteiger partial charge is 0.249 e. The first-order chi connectivity index (χ1) is 18.9. The summed E-state index contributed by atoms with van der Waals surface area (Å²) in [5.74, 6) is -0.795. The molecule has 1 aliphatic rings. The maximum Gasteiger partial charge on any atom is 0.249 e. The van der Waals surface area contributed by atoms with Crippen molar-refractivity contribution in [3.8, 4) is 17.2 Å². The van der Waals surface area contributed by atoms with E-state index < -0.39 is 5.41 Å². The van der Waals surface area contributed by atoms with E-state index in [1.54, 1.807) is 48.5 Å². The molecule has 0 spiro atoms. The Morgan fingerprint density at radius 1 is 0.846 bits per heavy atom. The van der Waals surface area contributed by atoms with Crippen LogP contribution in [-0.2, 0) is 16.8 Å². The van der Waals surface area contributed by atoms with Crippen molar-refractivity contribution in [1.29, 1.82) is 5.26 Å². The maximum atomic E-state index is 13.7. The molecule has 196 valence electrons. The van der Waals surface area contributed by atoms with Crippen molar-refractivity contribution in [1.82, 2.24) is 10.3 Å². The van der Waals surface area contributed by atoms with E-state index in [-0.39, 0.29) is 17.5 Å². The molecule has 1 heterocycles. The molecule has 0 aromatic heterocycles. The van der Waals surface area contributed by atoms with E-state index in [4.69, 9.17) is 5.26 Å². The second-order valence-corrected chi connectivity index (χ2v) is 9.84. The molecule has 0 unspecified atom stereocenters. The molecule has 1 aliphatic heterocycles. The number of halogens is 2. The number of anilines is 1. The van der Waals surface area contributed by atoms with Crippen LogP contribution in [0, 0.1) is 23.0 Å². The molecule has 4 aromatic carbocycles. The van der Waals surface area contributed by atoms with Crippen LogP contribution >= 0.6 is 0 Å². The summed E-state index contributed by atoms with van der Waals surface area (Å²) in [6.07, 6.45) is 1.14. The van der Waals surface area contributed by atoms with E-state index in [9.17, 15) is 13.6 Å². The predicted octanol–water partition coefficient (Wildman–Crippen LogP) is 6.18. The molecular formula is C32H28F2N4O. The van der Waals surface area contributed by atoms with Crippen molar-refractivity contribution in [3.63, 3.8) is 0 Å². The zero-order valence-electron chi connectivity index (χ0n) is 21.3. The third kappa shape index (κ3) is 5.97. The number of nitrogens with one attached hydrogen (secondary N) is 2. The second-order valence-electron chi connectivity index (χ2n) is 9.84. The average molecular weight is 523 g/mol. The van der Waals surface area contributed by atoms with Gasteiger partial charge in [0.2, 0.25) is 5.91 Å². The molecule has 5 nitrogen and oxygen atoms in total. The largest absolute Gasteiger partial charge is 0.299 e. The van der Waals surface area contributed by atoms with Gasteiger partial charge in [-0.05, 0) is 90.6 Å². The van der Waals surface area contributed by atoms with E-state index in [2.05, 4.69) is 34.0 Å². The molecule has 0 saturated carbocycles. The van der Waals surface area contributed by atoms with Crippen molar-refractivity contribution in [2.75, 3.05) is 18.5 Å². The highest BCUT2D eigenvalue weighted by atomic mass is 19.1. The molecule has 1 fully saturated rings. The highest BCUT2D eigenvalue weighted by Gasteiger charge is 2.43. The van der Waals surface area contributed by atoms with E-state index in [0.29, 0.717) is 37.2 Å². The van der Waals surface area contributed by atoms with E-state index >= 15 is 0 Å². The van der Waals surface area contributed by atoms with Crippen LogP contribution in [0.4, 0.5) is 14.5 Å². The molecule has 7 heteroatoms. The van der Waals surface area contributed by atoms with Gasteiger partial charge in [-0.15, -0.1) is 0 Å². The van der Waals surface area contributed by atoms with Gasteiger partial charge < -0.3 is 0 Å². The van der Waals surface area contributed by atoms with Gasteiger partial charge in [-0.1, -0.05) is 54.6 Å². The van der Waals surface area contributed by atoms with Crippen LogP contribution in [0.25, 0.3) is 11.1 Å². The molecular weight excluding hydrogens is 494 g/mol. The number of hydrogen-bond acceptors (Lipinski definition) is 4. The maximum absolute atomic E-state index is 13.7. The van der Waals surface area contributed by atoms with Gasteiger partial charge in [0.05, 0.1) is 22.7 Å². The topological polar surface area (TPSA) is 68.2 Å². The summed E-state index contributed by atoms with van der Waals surface area (Å²) >= 11 is 0. The highest BCUT2D eigenvalue weighted by Crippen LogP contribution is 2.37. The fourth-order valence-electron chi connectivity index (χ4n) is 5.13. The van der Waals surface area contributed by atoms with E-state index in [0.717, 1.165) is 28.8 Å². The molecule has 39 heavy (non-hydrogen) atoms. The Bertz CT molecular complexity index is 1470. The number of benzene rings is 4. The van der Waals surface area contributed by atoms with Gasteiger partial charge in [0.15, 0.2) is 0 Å². The molecule has 4 aromatic rings. The minimum atomic E-state index is -0.823. The Hall–Kier alpha value is -4.54. The first kappa shape index (κ1) is 26.1. The summed E-state index contributed by atoms with van der Waals surface area (Å²) in [7, 11) is 0. The summed E-state index contributed by atoms with van der Waals surface area (Å²) in [6, 6.07) is 29.8. The summed E-state index contributed by atoms with van der Waals surface area (Å²) in [4.78, 5) is 15.9. The van der Waals surface area contributed by atoms with E-state index in [1.165, 1.54) is 24.3 Å². The first-order valence-corrected chi connectivity index (χ1v) is 12.9. The van der Waals surface area contributed by atoms with Crippen molar-refractivity contribution in [3.05, 3.63) is 125 Å². The van der Waals surface area contributed by atoms with E-state index in [1.807, 2.05) is 12.1 Å². The molecule has 5 rings (SSSR count). The Morgan fingerprint density at radius 3 is 2.05 bits per heavy atom. The second kappa shape index (κ2) is 11.5. The predicted molar refractivity (Wildman–Crippen MR) is 147 cm³/mol. The number of nitrogens with zero attached hydrogens (tertiary/aromatic N) is 2. The molecule has 2 N–H and O–H groups in total. The monoisotopic (exact) mass is 522 g/mol. The summed E-state index contributed by atoms with van der Waals surface area (Å²) in [5, 5.41) is 9.15. The quantitative estimate of drug-likeness (QED) is 0.285. The molecule has 0 aliphatic carbocycles. The standard InChI is InChI=1S/C32H28F2N4O/c33-28-12-8-26(9-13-28)25-6-4-23(5-7-25)22-38-18-16-32(17-19-38,27-10-14-29(34)15-11-27)31(39)37-36-30-3-1-2-24(20-30)21-35/h1-15,20,36H,16-19,22H2,(H,37,39). The molecule has 0 bridgehead atoms. The Kier molecular flexibility index (Phi) is 7.67. The van der Waals surface area contributed by atoms with Crippen LogP contribution in [0.3, 0.4) is 0 Å². The number of hydrazine groups is 1.